The Labute approximate surface area is 232 Å². The molecule has 9 heteroatoms. The summed E-state index contributed by atoms with van der Waals surface area (Å²) < 4.78 is 8.30. The van der Waals surface area contributed by atoms with Crippen molar-refractivity contribution in [1.82, 2.24) is 24.4 Å². The minimum Gasteiger partial charge on any atom is -0.457 e. The van der Waals surface area contributed by atoms with Gasteiger partial charge in [-0.2, -0.15) is 0 Å². The van der Waals surface area contributed by atoms with Gasteiger partial charge in [-0.15, -0.1) is 0 Å². The Balaban J connectivity index is 1.19. The molecule has 2 aromatic carbocycles. The molecule has 1 saturated heterocycles. The van der Waals surface area contributed by atoms with Gasteiger partial charge >= 0.3 is 0 Å². The number of rotatable bonds is 5. The Kier molecular flexibility index (Phi) is 6.66. The molecule has 6 rings (SSSR count). The lowest BCUT2D eigenvalue weighted by Crippen LogP contribution is -2.48. The molecule has 1 fully saturated rings. The number of fused-ring (bicyclic) bond motifs is 2. The van der Waals surface area contributed by atoms with E-state index in [0.717, 1.165) is 45.0 Å². The van der Waals surface area contributed by atoms with E-state index in [4.69, 9.17) is 9.72 Å². The predicted octanol–water partition coefficient (Wildman–Crippen LogP) is 5.03. The van der Waals surface area contributed by atoms with Crippen LogP contribution in [0.25, 0.3) is 21.9 Å². The van der Waals surface area contributed by atoms with Crippen molar-refractivity contribution >= 4 is 45.2 Å². The van der Waals surface area contributed by atoms with E-state index in [1.54, 1.807) is 11.8 Å². The van der Waals surface area contributed by atoms with Gasteiger partial charge in [-0.1, -0.05) is 5.92 Å². The van der Waals surface area contributed by atoms with Crippen molar-refractivity contribution in [2.75, 3.05) is 36.4 Å². The quantitative estimate of drug-likeness (QED) is 0.318. The number of carbonyl (C=O) groups is 1. The Morgan fingerprint density at radius 1 is 1.00 bits per heavy atom. The standard InChI is InChI=1S/C31H29N7O2/c1-4-5-29(39)38-16-14-37(15-17-38)28-11-8-25-30(35-28)31(33-20-32-25)34-23-6-10-27(21(2)18-23)40-24-7-9-26-22(19-24)12-13-36(26)3/h6-13,18-20H,14-17H2,1-3H3,(H,32,33,34). The minimum atomic E-state index is -0.127. The first kappa shape index (κ1) is 25.2. The monoisotopic (exact) mass is 531 g/mol. The molecule has 40 heavy (non-hydrogen) atoms. The van der Waals surface area contributed by atoms with Crippen LogP contribution in [0.15, 0.2) is 67.1 Å². The van der Waals surface area contributed by atoms with Crippen LogP contribution in [0.3, 0.4) is 0 Å². The van der Waals surface area contributed by atoms with E-state index in [9.17, 15) is 4.79 Å². The Bertz CT molecular complexity index is 1790. The van der Waals surface area contributed by atoms with Gasteiger partial charge in [-0.25, -0.2) is 15.0 Å². The molecule has 0 radical (unpaired) electrons. The summed E-state index contributed by atoms with van der Waals surface area (Å²) in [6.07, 6.45) is 3.58. The second-order valence-electron chi connectivity index (χ2n) is 9.77. The molecule has 0 aliphatic carbocycles. The molecule has 1 aliphatic rings. The highest BCUT2D eigenvalue weighted by Crippen LogP contribution is 2.31. The van der Waals surface area contributed by atoms with Gasteiger partial charge in [0, 0.05) is 56.0 Å². The van der Waals surface area contributed by atoms with Crippen molar-refractivity contribution < 1.29 is 9.53 Å². The third-order valence-corrected chi connectivity index (χ3v) is 7.11. The van der Waals surface area contributed by atoms with Crippen LogP contribution >= 0.6 is 0 Å². The van der Waals surface area contributed by atoms with Crippen molar-refractivity contribution in [3.63, 3.8) is 0 Å². The van der Waals surface area contributed by atoms with Gasteiger partial charge in [0.1, 0.15) is 29.2 Å². The van der Waals surface area contributed by atoms with E-state index >= 15 is 0 Å². The number of hydrogen-bond acceptors (Lipinski definition) is 7. The van der Waals surface area contributed by atoms with Crippen LogP contribution in [0.4, 0.5) is 17.3 Å². The van der Waals surface area contributed by atoms with Crippen molar-refractivity contribution in [2.24, 2.45) is 7.05 Å². The minimum absolute atomic E-state index is 0.127. The Morgan fingerprint density at radius 2 is 1.85 bits per heavy atom. The summed E-state index contributed by atoms with van der Waals surface area (Å²) in [6.45, 7) is 6.28. The lowest BCUT2D eigenvalue weighted by Gasteiger charge is -2.34. The van der Waals surface area contributed by atoms with Gasteiger partial charge in [0.05, 0.1) is 5.52 Å². The Morgan fingerprint density at radius 3 is 2.65 bits per heavy atom. The van der Waals surface area contributed by atoms with Gasteiger partial charge in [-0.05, 0) is 79.9 Å². The highest BCUT2D eigenvalue weighted by molar-refractivity contribution is 5.93. The van der Waals surface area contributed by atoms with Crippen LogP contribution in [-0.4, -0.2) is 56.5 Å². The van der Waals surface area contributed by atoms with Crippen molar-refractivity contribution in [3.8, 4) is 23.3 Å². The maximum Gasteiger partial charge on any atom is 0.298 e. The lowest BCUT2D eigenvalue weighted by molar-refractivity contribution is -0.125. The van der Waals surface area contributed by atoms with E-state index in [1.165, 1.54) is 6.33 Å². The van der Waals surface area contributed by atoms with E-state index in [0.29, 0.717) is 37.5 Å². The molecule has 1 amide bonds. The summed E-state index contributed by atoms with van der Waals surface area (Å²) in [6, 6.07) is 18.1. The fourth-order valence-corrected chi connectivity index (χ4v) is 4.95. The fraction of sp³-hybridized carbons (Fsp3) is 0.226. The summed E-state index contributed by atoms with van der Waals surface area (Å²) in [4.78, 5) is 29.9. The van der Waals surface area contributed by atoms with Crippen LogP contribution in [0.5, 0.6) is 11.5 Å². The number of piperazine rings is 1. The first-order valence-corrected chi connectivity index (χ1v) is 13.2. The molecule has 3 aromatic heterocycles. The van der Waals surface area contributed by atoms with Crippen LogP contribution in [-0.2, 0) is 11.8 Å². The number of pyridine rings is 1. The summed E-state index contributed by atoms with van der Waals surface area (Å²) >= 11 is 0. The maximum atomic E-state index is 12.1. The Hall–Kier alpha value is -5.10. The molecule has 0 saturated carbocycles. The van der Waals surface area contributed by atoms with Crippen LogP contribution in [0.1, 0.15) is 12.5 Å². The number of aromatic nitrogens is 4. The molecule has 0 atom stereocenters. The zero-order chi connectivity index (χ0) is 27.6. The molecule has 0 unspecified atom stereocenters. The average Bonchev–Trinajstić information content (AvgIpc) is 3.34. The average molecular weight is 532 g/mol. The molecule has 200 valence electrons. The van der Waals surface area contributed by atoms with Crippen LogP contribution in [0.2, 0.25) is 0 Å². The largest absolute Gasteiger partial charge is 0.457 e. The third kappa shape index (κ3) is 4.99. The number of hydrogen-bond donors (Lipinski definition) is 1. The fourth-order valence-electron chi connectivity index (χ4n) is 4.95. The zero-order valence-corrected chi connectivity index (χ0v) is 22.7. The number of anilines is 3. The second-order valence-corrected chi connectivity index (χ2v) is 9.77. The van der Waals surface area contributed by atoms with Crippen LogP contribution in [0, 0.1) is 18.8 Å². The van der Waals surface area contributed by atoms with Gasteiger partial charge in [0.25, 0.3) is 5.91 Å². The zero-order valence-electron chi connectivity index (χ0n) is 22.7. The van der Waals surface area contributed by atoms with Gasteiger partial charge in [0.2, 0.25) is 0 Å². The first-order valence-electron chi connectivity index (χ1n) is 13.2. The normalized spacial score (nSPS) is 13.3. The van der Waals surface area contributed by atoms with Gasteiger partial charge in [0.15, 0.2) is 5.82 Å². The molecular formula is C31H29N7O2. The first-order chi connectivity index (χ1) is 19.5. The topological polar surface area (TPSA) is 88.4 Å². The van der Waals surface area contributed by atoms with E-state index in [-0.39, 0.29) is 5.91 Å². The molecule has 4 heterocycles. The molecule has 0 bridgehead atoms. The van der Waals surface area contributed by atoms with E-state index in [1.807, 2.05) is 62.6 Å². The molecule has 5 aromatic rings. The third-order valence-electron chi connectivity index (χ3n) is 7.11. The summed E-state index contributed by atoms with van der Waals surface area (Å²) in [5, 5.41) is 4.55. The molecule has 9 nitrogen and oxygen atoms in total. The summed E-state index contributed by atoms with van der Waals surface area (Å²) in [5.41, 5.74) is 4.47. The predicted molar refractivity (Wildman–Crippen MR) is 157 cm³/mol. The number of carbonyl (C=O) groups excluding carboxylic acids is 1. The highest BCUT2D eigenvalue weighted by atomic mass is 16.5. The summed E-state index contributed by atoms with van der Waals surface area (Å²) in [7, 11) is 2.03. The van der Waals surface area contributed by atoms with Gasteiger partial charge in [-0.3, -0.25) is 4.79 Å². The SMILES string of the molecule is CC#CC(=O)N1CCN(c2ccc3ncnc(Nc4ccc(Oc5ccc6c(ccn6C)c5)c(C)c4)c3n2)CC1. The lowest BCUT2D eigenvalue weighted by atomic mass is 10.2. The van der Waals surface area contributed by atoms with Crippen LogP contribution < -0.4 is 15.0 Å². The molecular weight excluding hydrogens is 502 g/mol. The molecule has 0 spiro atoms. The number of amides is 1. The molecule has 1 N–H and O–H groups in total. The van der Waals surface area contributed by atoms with E-state index < -0.39 is 0 Å². The van der Waals surface area contributed by atoms with Crippen molar-refractivity contribution in [2.45, 2.75) is 13.8 Å². The number of nitrogens with zero attached hydrogens (tertiary/aromatic N) is 6. The second kappa shape index (κ2) is 10.6. The number of benzene rings is 2. The summed E-state index contributed by atoms with van der Waals surface area (Å²) in [5.74, 6) is 8.21. The number of nitrogens with one attached hydrogen (secondary N) is 1. The molecule has 1 aliphatic heterocycles. The highest BCUT2D eigenvalue weighted by Gasteiger charge is 2.21. The van der Waals surface area contributed by atoms with Crippen molar-refractivity contribution in [1.29, 1.82) is 0 Å². The number of ether oxygens (including phenoxy) is 1. The maximum absolute atomic E-state index is 12.1. The number of aryl methyl sites for hydroxylation is 2. The van der Waals surface area contributed by atoms with Gasteiger partial charge < -0.3 is 24.4 Å². The van der Waals surface area contributed by atoms with Crippen molar-refractivity contribution in [3.05, 3.63) is 72.7 Å². The smallest absolute Gasteiger partial charge is 0.298 e. The van der Waals surface area contributed by atoms with E-state index in [2.05, 4.69) is 48.7 Å².